The lowest BCUT2D eigenvalue weighted by atomic mass is 10.1. The normalized spacial score (nSPS) is 21.0. The molecular formula is C19H16N2OS3. The number of hydrogen-bond donors (Lipinski definition) is 0. The third kappa shape index (κ3) is 2.78. The Morgan fingerprint density at radius 1 is 1.00 bits per heavy atom. The van der Waals surface area contributed by atoms with E-state index in [1.165, 1.54) is 16.7 Å². The van der Waals surface area contributed by atoms with Gasteiger partial charge in [-0.15, -0.1) is 0 Å². The maximum Gasteiger partial charge on any atom is 0.269 e. The molecule has 2 aromatic rings. The summed E-state index contributed by atoms with van der Waals surface area (Å²) in [6.45, 7) is 2.02. The second kappa shape index (κ2) is 6.52. The van der Waals surface area contributed by atoms with Gasteiger partial charge in [-0.2, -0.15) is 0 Å². The van der Waals surface area contributed by atoms with Crippen LogP contribution in [-0.4, -0.2) is 22.2 Å². The fourth-order valence-corrected chi connectivity index (χ4v) is 5.77. The molecule has 25 heavy (non-hydrogen) atoms. The van der Waals surface area contributed by atoms with Crippen LogP contribution in [0.4, 0.5) is 5.69 Å². The van der Waals surface area contributed by atoms with Crippen molar-refractivity contribution in [3.63, 3.8) is 0 Å². The highest BCUT2D eigenvalue weighted by Crippen LogP contribution is 2.50. The van der Waals surface area contributed by atoms with Gasteiger partial charge in [0.05, 0.1) is 16.8 Å². The molecule has 3 nitrogen and oxygen atoms in total. The minimum atomic E-state index is -0.0779. The Balaban J connectivity index is 1.69. The molecule has 4 rings (SSSR count). The predicted molar refractivity (Wildman–Crippen MR) is 110 cm³/mol. The molecule has 0 aromatic heterocycles. The smallest absolute Gasteiger partial charge is 0.269 e. The van der Waals surface area contributed by atoms with E-state index < -0.39 is 0 Å². The van der Waals surface area contributed by atoms with Crippen LogP contribution >= 0.6 is 35.7 Å². The van der Waals surface area contributed by atoms with Crippen LogP contribution < -0.4 is 4.90 Å². The molecule has 1 fully saturated rings. The molecule has 0 radical (unpaired) electrons. The number of carbonyl (C=O) groups is 1. The van der Waals surface area contributed by atoms with Crippen molar-refractivity contribution in [1.82, 2.24) is 4.90 Å². The summed E-state index contributed by atoms with van der Waals surface area (Å²) in [6, 6.07) is 18.1. The summed E-state index contributed by atoms with van der Waals surface area (Å²) < 4.78 is 0.619. The van der Waals surface area contributed by atoms with Crippen LogP contribution in [0.15, 0.2) is 69.4 Å². The average Bonchev–Trinajstić information content (AvgIpc) is 3.12. The average molecular weight is 385 g/mol. The van der Waals surface area contributed by atoms with Gasteiger partial charge in [0.1, 0.15) is 9.23 Å². The molecule has 2 heterocycles. The van der Waals surface area contributed by atoms with Gasteiger partial charge in [-0.1, -0.05) is 78.2 Å². The number of nitrogens with zero attached hydrogens (tertiary/aromatic N) is 2. The highest BCUT2D eigenvalue weighted by atomic mass is 32.2. The summed E-state index contributed by atoms with van der Waals surface area (Å²) in [7, 11) is 2.00. The first-order valence-corrected chi connectivity index (χ1v) is 9.97. The number of carbonyl (C=O) groups excluding carboxylic acids is 1. The number of thioether (sulfide) groups is 2. The van der Waals surface area contributed by atoms with Gasteiger partial charge in [-0.05, 0) is 24.6 Å². The molecule has 1 unspecified atom stereocenters. The number of anilines is 1. The maximum atomic E-state index is 13.1. The predicted octanol–water partition coefficient (Wildman–Crippen LogP) is 5.02. The van der Waals surface area contributed by atoms with Crippen LogP contribution in [0.5, 0.6) is 0 Å². The molecule has 0 spiro atoms. The van der Waals surface area contributed by atoms with E-state index in [1.807, 2.05) is 56.4 Å². The van der Waals surface area contributed by atoms with Crippen LogP contribution in [0.25, 0.3) is 0 Å². The number of amides is 1. The second-order valence-corrected chi connectivity index (χ2v) is 8.57. The van der Waals surface area contributed by atoms with Crippen molar-refractivity contribution in [3.8, 4) is 0 Å². The Bertz CT molecular complexity index is 895. The molecule has 126 valence electrons. The van der Waals surface area contributed by atoms with Crippen molar-refractivity contribution < 1.29 is 4.79 Å². The summed E-state index contributed by atoms with van der Waals surface area (Å²) in [4.78, 5) is 18.8. The summed E-state index contributed by atoms with van der Waals surface area (Å²) in [6.07, 6.45) is 0. The zero-order chi connectivity index (χ0) is 17.6. The van der Waals surface area contributed by atoms with Gasteiger partial charge in [-0.25, -0.2) is 0 Å². The van der Waals surface area contributed by atoms with Crippen LogP contribution in [0.2, 0.25) is 0 Å². The van der Waals surface area contributed by atoms with E-state index in [4.69, 9.17) is 12.2 Å². The molecule has 2 aromatic carbocycles. The number of hydrogen-bond acceptors (Lipinski definition) is 5. The second-order valence-electron chi connectivity index (χ2n) is 5.89. The molecule has 2 aliphatic heterocycles. The van der Waals surface area contributed by atoms with E-state index in [-0.39, 0.29) is 11.9 Å². The summed E-state index contributed by atoms with van der Waals surface area (Å²) in [5.41, 5.74) is 2.21. The lowest BCUT2D eigenvalue weighted by Gasteiger charge is -2.23. The van der Waals surface area contributed by atoms with Gasteiger partial charge < -0.3 is 4.90 Å². The van der Waals surface area contributed by atoms with Crippen molar-refractivity contribution in [1.29, 1.82) is 0 Å². The maximum absolute atomic E-state index is 13.1. The molecular weight excluding hydrogens is 368 g/mol. The quantitative estimate of drug-likeness (QED) is 0.534. The zero-order valence-electron chi connectivity index (χ0n) is 13.8. The van der Waals surface area contributed by atoms with Gasteiger partial charge in [0.15, 0.2) is 0 Å². The topological polar surface area (TPSA) is 23.6 Å². The van der Waals surface area contributed by atoms with Gasteiger partial charge in [-0.3, -0.25) is 9.69 Å². The van der Waals surface area contributed by atoms with Crippen molar-refractivity contribution in [3.05, 3.63) is 70.1 Å². The summed E-state index contributed by atoms with van der Waals surface area (Å²) in [5.74, 6) is -0.00601. The number of rotatable bonds is 2. The first-order valence-electron chi connectivity index (χ1n) is 7.93. The van der Waals surface area contributed by atoms with Crippen LogP contribution in [-0.2, 0) is 4.79 Å². The van der Waals surface area contributed by atoms with Crippen molar-refractivity contribution in [2.75, 3.05) is 11.9 Å². The Morgan fingerprint density at radius 2 is 1.68 bits per heavy atom. The molecule has 0 N–H and O–H groups in total. The van der Waals surface area contributed by atoms with E-state index in [1.54, 1.807) is 16.7 Å². The largest absolute Gasteiger partial charge is 0.337 e. The van der Waals surface area contributed by atoms with Gasteiger partial charge >= 0.3 is 0 Å². The molecule has 1 amide bonds. The molecule has 0 bridgehead atoms. The third-order valence-corrected chi connectivity index (χ3v) is 7.16. The molecule has 1 atom stereocenters. The van der Waals surface area contributed by atoms with Crippen molar-refractivity contribution >= 4 is 51.7 Å². The fourth-order valence-electron chi connectivity index (χ4n) is 3.02. The van der Waals surface area contributed by atoms with E-state index in [0.29, 0.717) is 4.32 Å². The first kappa shape index (κ1) is 16.7. The van der Waals surface area contributed by atoms with Crippen LogP contribution in [0, 0.1) is 0 Å². The van der Waals surface area contributed by atoms with E-state index in [2.05, 4.69) is 17.0 Å². The molecule has 6 heteroatoms. The van der Waals surface area contributed by atoms with Crippen LogP contribution in [0.1, 0.15) is 18.5 Å². The molecule has 1 saturated heterocycles. The number of para-hydroxylation sites is 1. The van der Waals surface area contributed by atoms with E-state index in [0.717, 1.165) is 21.2 Å². The van der Waals surface area contributed by atoms with Crippen LogP contribution in [0.3, 0.4) is 0 Å². The van der Waals surface area contributed by atoms with Crippen molar-refractivity contribution in [2.24, 2.45) is 0 Å². The number of fused-ring (bicyclic) bond motifs is 1. The minimum Gasteiger partial charge on any atom is -0.337 e. The Morgan fingerprint density at radius 3 is 2.40 bits per heavy atom. The number of benzene rings is 2. The molecule has 0 saturated carbocycles. The summed E-state index contributed by atoms with van der Waals surface area (Å²) >= 11 is 8.57. The fraction of sp³-hybridized carbons (Fsp3) is 0.158. The van der Waals surface area contributed by atoms with E-state index in [9.17, 15) is 4.79 Å². The zero-order valence-corrected chi connectivity index (χ0v) is 16.3. The van der Waals surface area contributed by atoms with E-state index >= 15 is 0 Å². The Labute approximate surface area is 161 Å². The highest BCUT2D eigenvalue weighted by Gasteiger charge is 2.40. The van der Waals surface area contributed by atoms with Crippen molar-refractivity contribution in [2.45, 2.75) is 17.9 Å². The molecule has 2 aliphatic rings. The Kier molecular flexibility index (Phi) is 4.35. The minimum absolute atomic E-state index is 0.00601. The van der Waals surface area contributed by atoms with Gasteiger partial charge in [0.2, 0.25) is 0 Å². The molecule has 0 aliphatic carbocycles. The van der Waals surface area contributed by atoms with Gasteiger partial charge in [0, 0.05) is 11.9 Å². The first-order chi connectivity index (χ1) is 12.1. The SMILES string of the molecule is CC(c1ccccc1)N1C(=O)/C(=C2/Sc3ccccc3N2C)SC1=S. The standard InChI is InChI=1S/C19H16N2OS3/c1-12(13-8-4-3-5-9-13)21-17(22)16(25-19(21)23)18-20(2)14-10-6-7-11-15(14)24-18/h3-12H,1-2H3/b18-16-. The Hall–Kier alpha value is -1.76. The monoisotopic (exact) mass is 384 g/mol. The highest BCUT2D eigenvalue weighted by molar-refractivity contribution is 8.27. The summed E-state index contributed by atoms with van der Waals surface area (Å²) in [5, 5.41) is 0.960. The number of thiocarbonyl (C=S) groups is 1. The lowest BCUT2D eigenvalue weighted by molar-refractivity contribution is -0.123. The third-order valence-electron chi connectivity index (χ3n) is 4.40. The lowest BCUT2D eigenvalue weighted by Crippen LogP contribution is -2.31. The van der Waals surface area contributed by atoms with Gasteiger partial charge in [0.25, 0.3) is 5.91 Å².